The Morgan fingerprint density at radius 2 is 2.13 bits per heavy atom. The number of hydrogen-bond acceptors (Lipinski definition) is 4. The van der Waals surface area contributed by atoms with E-state index in [2.05, 4.69) is 20.9 Å². The first kappa shape index (κ1) is 15.1. The molecule has 23 heavy (non-hydrogen) atoms. The molecule has 1 aromatic rings. The van der Waals surface area contributed by atoms with Crippen molar-refractivity contribution in [3.63, 3.8) is 0 Å². The van der Waals surface area contributed by atoms with Gasteiger partial charge in [-0.1, -0.05) is 15.9 Å². The van der Waals surface area contributed by atoms with E-state index in [1.165, 1.54) is 6.08 Å². The zero-order valence-corrected chi connectivity index (χ0v) is 14.4. The number of nitrogens with zero attached hydrogens (tertiary/aromatic N) is 1. The van der Waals surface area contributed by atoms with Crippen LogP contribution in [0.25, 0.3) is 0 Å². The van der Waals surface area contributed by atoms with E-state index in [9.17, 15) is 4.39 Å². The van der Waals surface area contributed by atoms with E-state index < -0.39 is 17.0 Å². The van der Waals surface area contributed by atoms with Crippen molar-refractivity contribution in [2.75, 3.05) is 7.11 Å². The maximum absolute atomic E-state index is 14.2. The molecule has 0 amide bonds. The van der Waals surface area contributed by atoms with Crippen LogP contribution in [0.2, 0.25) is 0 Å². The maximum Gasteiger partial charge on any atom is 0.163 e. The second-order valence-corrected chi connectivity index (χ2v) is 7.34. The van der Waals surface area contributed by atoms with Crippen LogP contribution in [-0.4, -0.2) is 24.7 Å². The Balaban J connectivity index is 1.86. The van der Waals surface area contributed by atoms with Gasteiger partial charge in [0, 0.05) is 17.1 Å². The number of aliphatic imine (C=N–C) groups is 1. The third-order valence-electron chi connectivity index (χ3n) is 5.30. The molecule has 1 atom stereocenters. The molecule has 1 aromatic carbocycles. The van der Waals surface area contributed by atoms with Crippen LogP contribution in [0.1, 0.15) is 31.2 Å². The summed E-state index contributed by atoms with van der Waals surface area (Å²) >= 11 is 3.49. The summed E-state index contributed by atoms with van der Waals surface area (Å²) in [5.74, 6) is 0.246. The molecular formula is C17H18BrFN2O2. The van der Waals surface area contributed by atoms with Gasteiger partial charge in [-0.2, -0.15) is 0 Å². The van der Waals surface area contributed by atoms with Gasteiger partial charge in [-0.05, 0) is 50.0 Å². The Morgan fingerprint density at radius 3 is 2.74 bits per heavy atom. The molecule has 0 saturated heterocycles. The highest BCUT2D eigenvalue weighted by Gasteiger charge is 2.62. The molecule has 2 aliphatic heterocycles. The van der Waals surface area contributed by atoms with Crippen LogP contribution in [-0.2, 0) is 10.3 Å². The minimum Gasteiger partial charge on any atom is -0.484 e. The summed E-state index contributed by atoms with van der Waals surface area (Å²) in [7, 11) is 1.73. The predicted octanol–water partition coefficient (Wildman–Crippen LogP) is 3.59. The number of nitrogens with two attached hydrogens (primary N) is 1. The topological polar surface area (TPSA) is 56.8 Å². The van der Waals surface area contributed by atoms with Gasteiger partial charge in [0.2, 0.25) is 0 Å². The minimum absolute atomic E-state index is 0.0466. The number of methoxy groups -OCH3 is 1. The Morgan fingerprint density at radius 1 is 1.39 bits per heavy atom. The molecule has 6 heteroatoms. The molecule has 0 bridgehead atoms. The van der Waals surface area contributed by atoms with E-state index in [0.29, 0.717) is 0 Å². The fourth-order valence-corrected chi connectivity index (χ4v) is 4.46. The molecule has 2 heterocycles. The fraction of sp³-hybridized carbons (Fsp3) is 0.471. The van der Waals surface area contributed by atoms with Gasteiger partial charge in [0.05, 0.1) is 6.10 Å². The van der Waals surface area contributed by atoms with Gasteiger partial charge in [-0.3, -0.25) is 0 Å². The lowest BCUT2D eigenvalue weighted by atomic mass is 9.68. The van der Waals surface area contributed by atoms with Crippen LogP contribution in [0.4, 0.5) is 4.39 Å². The standard InChI is InChI=1S/C17H18BrFN2O2/c1-22-11-4-6-16(7-5-11)17(9-13(19)15(20)21-17)12-8-10(18)2-3-14(12)23-16/h2-3,8-9,11H,4-7H2,1H3,(H2,20,21). The monoisotopic (exact) mass is 380 g/mol. The van der Waals surface area contributed by atoms with Crippen LogP contribution in [0.3, 0.4) is 0 Å². The summed E-state index contributed by atoms with van der Waals surface area (Å²) < 4.78 is 27.0. The first-order valence-corrected chi connectivity index (χ1v) is 8.55. The average molecular weight is 381 g/mol. The molecule has 4 nitrogen and oxygen atoms in total. The van der Waals surface area contributed by atoms with Crippen molar-refractivity contribution >= 4 is 21.8 Å². The number of amidine groups is 1. The molecule has 122 valence electrons. The summed E-state index contributed by atoms with van der Waals surface area (Å²) in [5, 5.41) is 0. The summed E-state index contributed by atoms with van der Waals surface area (Å²) in [5.41, 5.74) is 5.19. The van der Waals surface area contributed by atoms with E-state index in [1.54, 1.807) is 7.11 Å². The lowest BCUT2D eigenvalue weighted by molar-refractivity contribution is -0.0426. The van der Waals surface area contributed by atoms with Crippen molar-refractivity contribution < 1.29 is 13.9 Å². The van der Waals surface area contributed by atoms with Gasteiger partial charge in [-0.25, -0.2) is 9.38 Å². The van der Waals surface area contributed by atoms with Crippen LogP contribution in [0.15, 0.2) is 39.6 Å². The summed E-state index contributed by atoms with van der Waals surface area (Å²) in [6.07, 6.45) is 4.97. The van der Waals surface area contributed by atoms with E-state index in [1.807, 2.05) is 18.2 Å². The number of benzene rings is 1. The lowest BCUT2D eigenvalue weighted by Gasteiger charge is -2.43. The van der Waals surface area contributed by atoms with Crippen molar-refractivity contribution in [2.45, 2.75) is 42.9 Å². The molecular weight excluding hydrogens is 363 g/mol. The predicted molar refractivity (Wildman–Crippen MR) is 89.3 cm³/mol. The molecule has 0 radical (unpaired) electrons. The Hall–Kier alpha value is -1.40. The summed E-state index contributed by atoms with van der Waals surface area (Å²) in [4.78, 5) is 4.55. The molecule has 4 rings (SSSR count). The highest BCUT2D eigenvalue weighted by atomic mass is 79.9. The van der Waals surface area contributed by atoms with Crippen LogP contribution in [0, 0.1) is 0 Å². The molecule has 3 aliphatic rings. The van der Waals surface area contributed by atoms with Crippen molar-refractivity contribution in [2.24, 2.45) is 10.7 Å². The maximum atomic E-state index is 14.2. The third-order valence-corrected chi connectivity index (χ3v) is 5.80. The normalized spacial score (nSPS) is 35.2. The highest BCUT2D eigenvalue weighted by molar-refractivity contribution is 9.10. The van der Waals surface area contributed by atoms with Crippen LogP contribution >= 0.6 is 15.9 Å². The van der Waals surface area contributed by atoms with Crippen molar-refractivity contribution in [1.82, 2.24) is 0 Å². The minimum atomic E-state index is -0.876. The van der Waals surface area contributed by atoms with Gasteiger partial charge >= 0.3 is 0 Å². The number of ether oxygens (including phenoxy) is 2. The molecule has 1 fully saturated rings. The molecule has 2 spiro atoms. The van der Waals surface area contributed by atoms with Crippen molar-refractivity contribution in [3.05, 3.63) is 40.1 Å². The van der Waals surface area contributed by atoms with Gasteiger partial charge in [0.1, 0.15) is 11.4 Å². The van der Waals surface area contributed by atoms with Crippen LogP contribution < -0.4 is 10.5 Å². The van der Waals surface area contributed by atoms with Gasteiger partial charge < -0.3 is 15.2 Å². The van der Waals surface area contributed by atoms with Crippen molar-refractivity contribution in [1.29, 1.82) is 0 Å². The van der Waals surface area contributed by atoms with Crippen LogP contribution in [0.5, 0.6) is 5.75 Å². The number of hydrogen-bond donors (Lipinski definition) is 1. The largest absolute Gasteiger partial charge is 0.484 e. The average Bonchev–Trinajstić information content (AvgIpc) is 2.97. The molecule has 1 aliphatic carbocycles. The second kappa shape index (κ2) is 5.05. The Labute approximate surface area is 142 Å². The van der Waals surface area contributed by atoms with E-state index >= 15 is 0 Å². The zero-order chi connectivity index (χ0) is 16.2. The van der Waals surface area contributed by atoms with Crippen molar-refractivity contribution in [3.8, 4) is 5.75 Å². The zero-order valence-electron chi connectivity index (χ0n) is 12.8. The Kier molecular flexibility index (Phi) is 3.32. The number of rotatable bonds is 1. The molecule has 1 unspecified atom stereocenters. The first-order chi connectivity index (χ1) is 11.0. The number of fused-ring (bicyclic) bond motifs is 3. The van der Waals surface area contributed by atoms with Gasteiger partial charge in [0.15, 0.2) is 17.2 Å². The van der Waals surface area contributed by atoms with Gasteiger partial charge in [0.25, 0.3) is 0 Å². The quantitative estimate of drug-likeness (QED) is 0.809. The van der Waals surface area contributed by atoms with E-state index in [-0.39, 0.29) is 11.9 Å². The fourth-order valence-electron chi connectivity index (χ4n) is 4.10. The summed E-state index contributed by atoms with van der Waals surface area (Å²) in [6, 6.07) is 5.79. The third kappa shape index (κ3) is 2.01. The second-order valence-electron chi connectivity index (χ2n) is 6.43. The summed E-state index contributed by atoms with van der Waals surface area (Å²) in [6.45, 7) is 0. The van der Waals surface area contributed by atoms with E-state index in [4.69, 9.17) is 15.2 Å². The first-order valence-electron chi connectivity index (χ1n) is 7.76. The number of halogens is 2. The highest BCUT2D eigenvalue weighted by Crippen LogP contribution is 2.59. The smallest absolute Gasteiger partial charge is 0.163 e. The Bertz CT molecular complexity index is 705. The molecule has 1 saturated carbocycles. The van der Waals surface area contributed by atoms with Gasteiger partial charge in [-0.15, -0.1) is 0 Å². The van der Waals surface area contributed by atoms with E-state index in [0.717, 1.165) is 41.5 Å². The lowest BCUT2D eigenvalue weighted by Crippen LogP contribution is -2.52. The molecule has 2 N–H and O–H groups in total. The molecule has 0 aromatic heterocycles. The SMILES string of the molecule is COC1CCC2(CC1)Oc1ccc(Br)cc1C21C=C(F)C(N)=N1.